The molecule has 3 aliphatic rings. The number of Topliss-reactive ketones (excluding diaryl/α,β-unsaturated/α-hetero) is 2. The number of aromatic hydroxyl groups is 1. The normalized spacial score (nSPS) is 27.1. The first kappa shape index (κ1) is 21.8. The molecule has 0 fully saturated rings. The van der Waals surface area contributed by atoms with E-state index >= 15 is 0 Å². The van der Waals surface area contributed by atoms with Crippen LogP contribution in [0.15, 0.2) is 28.7 Å². The first-order chi connectivity index (χ1) is 15.0. The molecule has 3 aliphatic carbocycles. The van der Waals surface area contributed by atoms with Gasteiger partial charge in [0, 0.05) is 36.1 Å². The molecule has 7 N–H and O–H groups in total. The zero-order valence-corrected chi connectivity index (χ0v) is 17.2. The highest BCUT2D eigenvalue weighted by molar-refractivity contribution is 6.24. The van der Waals surface area contributed by atoms with Crippen LogP contribution in [0.2, 0.25) is 0 Å². The van der Waals surface area contributed by atoms with Crippen molar-refractivity contribution in [3.63, 3.8) is 0 Å². The molecular formula is C22H23FN2O7. The molecule has 1 unspecified atom stereocenters. The van der Waals surface area contributed by atoms with Crippen LogP contribution in [0.1, 0.15) is 42.1 Å². The van der Waals surface area contributed by atoms with Crippen molar-refractivity contribution in [1.82, 2.24) is 0 Å². The number of primary amides is 1. The van der Waals surface area contributed by atoms with Crippen LogP contribution in [-0.4, -0.2) is 50.0 Å². The van der Waals surface area contributed by atoms with E-state index in [4.69, 9.17) is 5.73 Å². The Morgan fingerprint density at radius 3 is 2.59 bits per heavy atom. The molecule has 0 saturated carbocycles. The quantitative estimate of drug-likeness (QED) is 0.299. The van der Waals surface area contributed by atoms with Crippen molar-refractivity contribution < 1.29 is 39.2 Å². The predicted molar refractivity (Wildman–Crippen MR) is 110 cm³/mol. The SMILES string of the molecule is CCCNc1cc(F)c2c(c1O)C(=O)C1=C(O)[C@]3(O)C(=O)C(C(N)=O)=C(O)C[C@@H]3CC1C2. The molecule has 32 heavy (non-hydrogen) atoms. The number of phenols is 1. The van der Waals surface area contributed by atoms with Crippen LogP contribution in [-0.2, 0) is 16.0 Å². The van der Waals surface area contributed by atoms with Crippen LogP contribution in [0.5, 0.6) is 5.75 Å². The molecule has 0 aromatic heterocycles. The van der Waals surface area contributed by atoms with Crippen LogP contribution < -0.4 is 11.1 Å². The third kappa shape index (κ3) is 2.82. The molecule has 4 rings (SSSR count). The monoisotopic (exact) mass is 446 g/mol. The molecule has 9 nitrogen and oxygen atoms in total. The predicted octanol–water partition coefficient (Wildman–Crippen LogP) is 1.54. The van der Waals surface area contributed by atoms with Crippen LogP contribution in [0.4, 0.5) is 10.1 Å². The first-order valence-electron chi connectivity index (χ1n) is 10.3. The van der Waals surface area contributed by atoms with E-state index in [1.165, 1.54) is 0 Å². The average molecular weight is 446 g/mol. The maximum absolute atomic E-state index is 14.9. The van der Waals surface area contributed by atoms with E-state index in [0.29, 0.717) is 13.0 Å². The summed E-state index contributed by atoms with van der Waals surface area (Å²) in [5.74, 6) is -8.06. The second-order valence-electron chi connectivity index (χ2n) is 8.45. The smallest absolute Gasteiger partial charge is 0.255 e. The maximum atomic E-state index is 14.9. The molecular weight excluding hydrogens is 423 g/mol. The molecule has 0 bridgehead atoms. The van der Waals surface area contributed by atoms with Gasteiger partial charge in [-0.05, 0) is 25.2 Å². The standard InChI is InChI=1S/C22H23FN2O7/c1-2-3-25-12-7-11(23)10-5-8-4-9-6-13(26)16(21(24)31)20(30)22(9,32)19(29)14(8)18(28)15(10)17(12)27/h7-9,25-27,29,32H,2-6H2,1H3,(H2,24,31)/t8?,9-,22-/m0/s1. The van der Waals surface area contributed by atoms with E-state index < -0.39 is 63.6 Å². The van der Waals surface area contributed by atoms with Crippen LogP contribution in [0.25, 0.3) is 0 Å². The number of carbonyl (C=O) groups excluding carboxylic acids is 3. The summed E-state index contributed by atoms with van der Waals surface area (Å²) in [6.07, 6.45) is 0.239. The van der Waals surface area contributed by atoms with Gasteiger partial charge in [0.15, 0.2) is 11.4 Å². The lowest BCUT2D eigenvalue weighted by Crippen LogP contribution is -2.57. The Bertz CT molecular complexity index is 1140. The van der Waals surface area contributed by atoms with Gasteiger partial charge in [0.05, 0.1) is 11.3 Å². The number of allylic oxidation sites excluding steroid dienone is 2. The highest BCUT2D eigenvalue weighted by Crippen LogP contribution is 2.52. The van der Waals surface area contributed by atoms with E-state index in [9.17, 15) is 39.2 Å². The van der Waals surface area contributed by atoms with Gasteiger partial charge in [-0.15, -0.1) is 0 Å². The van der Waals surface area contributed by atoms with Crippen LogP contribution in [0, 0.1) is 17.7 Å². The van der Waals surface area contributed by atoms with Crippen LogP contribution >= 0.6 is 0 Å². The summed E-state index contributed by atoms with van der Waals surface area (Å²) in [6.45, 7) is 2.28. The minimum Gasteiger partial charge on any atom is -0.511 e. The van der Waals surface area contributed by atoms with Gasteiger partial charge in [-0.25, -0.2) is 4.39 Å². The number of hydrogen-bond acceptors (Lipinski definition) is 8. The molecule has 0 radical (unpaired) electrons. The van der Waals surface area contributed by atoms with E-state index in [1.807, 2.05) is 6.92 Å². The van der Waals surface area contributed by atoms with Gasteiger partial charge in [0.25, 0.3) is 5.91 Å². The minimum atomic E-state index is -2.64. The van der Waals surface area contributed by atoms with Gasteiger partial charge >= 0.3 is 0 Å². The van der Waals surface area contributed by atoms with Crippen molar-refractivity contribution in [3.05, 3.63) is 45.7 Å². The molecule has 1 aromatic rings. The number of halogens is 1. The molecule has 3 atom stereocenters. The number of ketones is 2. The van der Waals surface area contributed by atoms with Crippen LogP contribution in [0.3, 0.4) is 0 Å². The average Bonchev–Trinajstić information content (AvgIpc) is 2.71. The number of nitrogens with one attached hydrogen (secondary N) is 1. The number of anilines is 1. The van der Waals surface area contributed by atoms with Gasteiger partial charge in [-0.2, -0.15) is 0 Å². The van der Waals surface area contributed by atoms with Crippen molar-refractivity contribution in [2.75, 3.05) is 11.9 Å². The fourth-order valence-corrected chi connectivity index (χ4v) is 5.04. The number of aliphatic hydroxyl groups is 3. The number of hydrogen-bond donors (Lipinski definition) is 6. The third-order valence-corrected chi connectivity index (χ3v) is 6.57. The van der Waals surface area contributed by atoms with Crippen molar-refractivity contribution in [2.45, 2.75) is 38.2 Å². The largest absolute Gasteiger partial charge is 0.511 e. The van der Waals surface area contributed by atoms with Gasteiger partial charge in [-0.1, -0.05) is 6.92 Å². The minimum absolute atomic E-state index is 0.0139. The number of benzene rings is 1. The Morgan fingerprint density at radius 1 is 1.28 bits per heavy atom. The molecule has 0 aliphatic heterocycles. The fourth-order valence-electron chi connectivity index (χ4n) is 5.04. The second-order valence-corrected chi connectivity index (χ2v) is 8.45. The molecule has 0 saturated heterocycles. The summed E-state index contributed by atoms with van der Waals surface area (Å²) >= 11 is 0. The van der Waals surface area contributed by atoms with Gasteiger partial charge in [0.2, 0.25) is 5.78 Å². The third-order valence-electron chi connectivity index (χ3n) is 6.57. The van der Waals surface area contributed by atoms with Crippen molar-refractivity contribution in [1.29, 1.82) is 0 Å². The summed E-state index contributed by atoms with van der Waals surface area (Å²) in [4.78, 5) is 37.8. The number of amides is 1. The van der Waals surface area contributed by atoms with E-state index in [-0.39, 0.29) is 41.6 Å². The second kappa shape index (κ2) is 7.33. The Balaban J connectivity index is 1.88. The first-order valence-corrected chi connectivity index (χ1v) is 10.3. The molecule has 0 spiro atoms. The Kier molecular flexibility index (Phi) is 5.00. The Morgan fingerprint density at radius 2 is 1.97 bits per heavy atom. The molecule has 1 amide bonds. The summed E-state index contributed by atoms with van der Waals surface area (Å²) in [6, 6.07) is 1.10. The number of carbonyl (C=O) groups is 3. The zero-order valence-electron chi connectivity index (χ0n) is 17.2. The topological polar surface area (TPSA) is 170 Å². The summed E-state index contributed by atoms with van der Waals surface area (Å²) in [5, 5.41) is 45.7. The Labute approximate surface area is 182 Å². The number of aliphatic hydroxyl groups excluding tert-OH is 2. The van der Waals surface area contributed by atoms with Gasteiger partial charge in [-0.3, -0.25) is 14.4 Å². The van der Waals surface area contributed by atoms with E-state index in [2.05, 4.69) is 5.32 Å². The summed E-state index contributed by atoms with van der Waals surface area (Å²) < 4.78 is 14.9. The molecule has 170 valence electrons. The highest BCUT2D eigenvalue weighted by Gasteiger charge is 2.59. The molecule has 1 aromatic carbocycles. The Hall–Kier alpha value is -3.40. The van der Waals surface area contributed by atoms with Crippen molar-refractivity contribution in [3.8, 4) is 5.75 Å². The van der Waals surface area contributed by atoms with E-state index in [0.717, 1.165) is 6.07 Å². The number of rotatable bonds is 4. The highest BCUT2D eigenvalue weighted by atomic mass is 19.1. The lowest BCUT2D eigenvalue weighted by atomic mass is 9.60. The molecule has 0 heterocycles. The number of nitrogens with two attached hydrogens (primary N) is 1. The van der Waals surface area contributed by atoms with Gasteiger partial charge < -0.3 is 31.5 Å². The van der Waals surface area contributed by atoms with E-state index in [1.54, 1.807) is 0 Å². The maximum Gasteiger partial charge on any atom is 0.255 e. The van der Waals surface area contributed by atoms with Crippen molar-refractivity contribution in [2.24, 2.45) is 17.6 Å². The number of phenolic OH excluding ortho intramolecular Hbond substituents is 1. The summed E-state index contributed by atoms with van der Waals surface area (Å²) in [7, 11) is 0. The van der Waals surface area contributed by atoms with Gasteiger partial charge in [0.1, 0.15) is 28.7 Å². The lowest BCUT2D eigenvalue weighted by Gasteiger charge is -2.45. The van der Waals surface area contributed by atoms with Crippen molar-refractivity contribution >= 4 is 23.2 Å². The lowest BCUT2D eigenvalue weighted by molar-refractivity contribution is -0.144. The fraction of sp³-hybridized carbons (Fsp3) is 0.409. The summed E-state index contributed by atoms with van der Waals surface area (Å²) in [5.41, 5.74) is 1.00. The number of fused-ring (bicyclic) bond motifs is 3. The zero-order chi connectivity index (χ0) is 23.5. The molecule has 10 heteroatoms.